The van der Waals surface area contributed by atoms with E-state index >= 15 is 0 Å². The SMILES string of the molecule is CCCCCCC1(C(=O)O)CCCN1C. The summed E-state index contributed by atoms with van der Waals surface area (Å²) in [6.07, 6.45) is 7.31. The van der Waals surface area contributed by atoms with Gasteiger partial charge in [-0.15, -0.1) is 0 Å². The lowest BCUT2D eigenvalue weighted by Gasteiger charge is -2.31. The molecule has 0 spiro atoms. The number of hydrogen-bond donors (Lipinski definition) is 1. The summed E-state index contributed by atoms with van der Waals surface area (Å²) in [5.74, 6) is -0.626. The largest absolute Gasteiger partial charge is 0.480 e. The molecule has 1 aliphatic rings. The maximum absolute atomic E-state index is 11.4. The fourth-order valence-corrected chi connectivity index (χ4v) is 2.55. The molecule has 0 amide bonds. The summed E-state index contributed by atoms with van der Waals surface area (Å²) < 4.78 is 0. The summed E-state index contributed by atoms with van der Waals surface area (Å²) in [6.45, 7) is 3.11. The van der Waals surface area contributed by atoms with Crippen LogP contribution in [-0.4, -0.2) is 35.1 Å². The fourth-order valence-electron chi connectivity index (χ4n) is 2.55. The summed E-state index contributed by atoms with van der Waals surface area (Å²) in [7, 11) is 1.95. The molecular formula is C12H23NO2. The van der Waals surface area contributed by atoms with Crippen LogP contribution in [0.4, 0.5) is 0 Å². The summed E-state index contributed by atoms with van der Waals surface area (Å²) in [5, 5.41) is 9.35. The van der Waals surface area contributed by atoms with Gasteiger partial charge >= 0.3 is 5.97 Å². The highest BCUT2D eigenvalue weighted by molar-refractivity contribution is 5.79. The Kier molecular flexibility index (Phi) is 4.58. The monoisotopic (exact) mass is 213 g/mol. The van der Waals surface area contributed by atoms with E-state index in [9.17, 15) is 9.90 Å². The minimum Gasteiger partial charge on any atom is -0.480 e. The standard InChI is InChI=1S/C12H23NO2/c1-3-4-5-6-8-12(11(14)15)9-7-10-13(12)2/h3-10H2,1-2H3,(H,14,15). The van der Waals surface area contributed by atoms with Crippen molar-refractivity contribution in [3.63, 3.8) is 0 Å². The van der Waals surface area contributed by atoms with Gasteiger partial charge in [0.2, 0.25) is 0 Å². The molecule has 3 heteroatoms. The minimum absolute atomic E-state index is 0.548. The molecule has 0 aromatic heterocycles. The van der Waals surface area contributed by atoms with E-state index in [1.54, 1.807) is 0 Å². The maximum atomic E-state index is 11.4. The first-order valence-electron chi connectivity index (χ1n) is 6.08. The number of likely N-dealkylation sites (tertiary alicyclic amines) is 1. The van der Waals surface area contributed by atoms with E-state index in [4.69, 9.17) is 0 Å². The Morgan fingerprint density at radius 2 is 2.13 bits per heavy atom. The normalized spacial score (nSPS) is 27.1. The average Bonchev–Trinajstić information content (AvgIpc) is 2.56. The van der Waals surface area contributed by atoms with Gasteiger partial charge in [-0.05, 0) is 32.9 Å². The Morgan fingerprint density at radius 1 is 1.40 bits per heavy atom. The minimum atomic E-state index is -0.626. The molecule has 0 bridgehead atoms. The van der Waals surface area contributed by atoms with Crippen LogP contribution in [0.2, 0.25) is 0 Å². The smallest absolute Gasteiger partial charge is 0.324 e. The molecular weight excluding hydrogens is 190 g/mol. The number of rotatable bonds is 6. The molecule has 0 saturated carbocycles. The second-order valence-corrected chi connectivity index (χ2v) is 4.67. The molecule has 1 unspecified atom stereocenters. The summed E-state index contributed by atoms with van der Waals surface area (Å²) >= 11 is 0. The quantitative estimate of drug-likeness (QED) is 0.689. The van der Waals surface area contributed by atoms with Gasteiger partial charge in [-0.3, -0.25) is 9.69 Å². The number of hydrogen-bond acceptors (Lipinski definition) is 2. The third-order valence-electron chi connectivity index (χ3n) is 3.66. The van der Waals surface area contributed by atoms with Crippen LogP contribution in [0.1, 0.15) is 51.9 Å². The van der Waals surface area contributed by atoms with Crippen molar-refractivity contribution in [2.24, 2.45) is 0 Å². The number of nitrogens with zero attached hydrogens (tertiary/aromatic N) is 1. The second kappa shape index (κ2) is 5.50. The third kappa shape index (κ3) is 2.71. The van der Waals surface area contributed by atoms with Gasteiger partial charge in [0.1, 0.15) is 5.54 Å². The van der Waals surface area contributed by atoms with Gasteiger partial charge in [0, 0.05) is 0 Å². The van der Waals surface area contributed by atoms with E-state index in [1.807, 2.05) is 11.9 Å². The van der Waals surface area contributed by atoms with E-state index in [2.05, 4.69) is 6.92 Å². The highest BCUT2D eigenvalue weighted by atomic mass is 16.4. The van der Waals surface area contributed by atoms with Crippen LogP contribution in [0.5, 0.6) is 0 Å². The lowest BCUT2D eigenvalue weighted by atomic mass is 9.89. The lowest BCUT2D eigenvalue weighted by molar-refractivity contribution is -0.149. The topological polar surface area (TPSA) is 40.5 Å². The van der Waals surface area contributed by atoms with Crippen molar-refractivity contribution in [3.8, 4) is 0 Å². The Balaban J connectivity index is 2.47. The lowest BCUT2D eigenvalue weighted by Crippen LogP contribution is -2.48. The second-order valence-electron chi connectivity index (χ2n) is 4.67. The molecule has 1 fully saturated rings. The maximum Gasteiger partial charge on any atom is 0.324 e. The molecule has 3 nitrogen and oxygen atoms in total. The highest BCUT2D eigenvalue weighted by Crippen LogP contribution is 2.33. The molecule has 88 valence electrons. The van der Waals surface area contributed by atoms with Crippen molar-refractivity contribution in [1.29, 1.82) is 0 Å². The van der Waals surface area contributed by atoms with Crippen molar-refractivity contribution in [1.82, 2.24) is 4.90 Å². The Labute approximate surface area is 92.5 Å². The summed E-state index contributed by atoms with van der Waals surface area (Å²) in [4.78, 5) is 13.4. The van der Waals surface area contributed by atoms with E-state index in [0.29, 0.717) is 0 Å². The molecule has 0 aliphatic carbocycles. The number of carbonyl (C=O) groups is 1. The first kappa shape index (κ1) is 12.5. The Bertz CT molecular complexity index is 218. The molecule has 1 heterocycles. The number of likely N-dealkylation sites (N-methyl/N-ethyl adjacent to an activating group) is 1. The molecule has 0 aromatic rings. The molecule has 1 saturated heterocycles. The van der Waals surface area contributed by atoms with Crippen molar-refractivity contribution in [2.75, 3.05) is 13.6 Å². The average molecular weight is 213 g/mol. The van der Waals surface area contributed by atoms with E-state index in [0.717, 1.165) is 32.2 Å². The van der Waals surface area contributed by atoms with Crippen LogP contribution in [0.25, 0.3) is 0 Å². The van der Waals surface area contributed by atoms with Gasteiger partial charge in [0.15, 0.2) is 0 Å². The summed E-state index contributed by atoms with van der Waals surface area (Å²) in [5.41, 5.74) is -0.548. The zero-order valence-electron chi connectivity index (χ0n) is 9.96. The molecule has 1 atom stereocenters. The number of aliphatic carboxylic acids is 1. The van der Waals surface area contributed by atoms with E-state index in [1.165, 1.54) is 19.3 Å². The predicted octanol–water partition coefficient (Wildman–Crippen LogP) is 2.51. The van der Waals surface area contributed by atoms with Gasteiger partial charge in [-0.1, -0.05) is 32.6 Å². The Hall–Kier alpha value is -0.570. The van der Waals surface area contributed by atoms with E-state index in [-0.39, 0.29) is 0 Å². The molecule has 0 aromatic carbocycles. The molecule has 0 radical (unpaired) electrons. The molecule has 1 aliphatic heterocycles. The van der Waals surface area contributed by atoms with Crippen LogP contribution in [0.15, 0.2) is 0 Å². The van der Waals surface area contributed by atoms with Crippen LogP contribution in [0, 0.1) is 0 Å². The number of carboxylic acid groups (broad SMARTS) is 1. The van der Waals surface area contributed by atoms with Crippen LogP contribution in [-0.2, 0) is 4.79 Å². The van der Waals surface area contributed by atoms with Crippen molar-refractivity contribution in [2.45, 2.75) is 57.4 Å². The van der Waals surface area contributed by atoms with Crippen LogP contribution < -0.4 is 0 Å². The Morgan fingerprint density at radius 3 is 2.60 bits per heavy atom. The fraction of sp³-hybridized carbons (Fsp3) is 0.917. The van der Waals surface area contributed by atoms with Crippen molar-refractivity contribution >= 4 is 5.97 Å². The predicted molar refractivity (Wildman–Crippen MR) is 61.0 cm³/mol. The number of carboxylic acids is 1. The van der Waals surface area contributed by atoms with E-state index < -0.39 is 11.5 Å². The molecule has 15 heavy (non-hydrogen) atoms. The van der Waals surface area contributed by atoms with Gasteiger partial charge in [-0.25, -0.2) is 0 Å². The number of unbranched alkanes of at least 4 members (excludes halogenated alkanes) is 3. The first-order chi connectivity index (χ1) is 7.13. The van der Waals surface area contributed by atoms with Gasteiger partial charge < -0.3 is 5.11 Å². The molecule has 1 N–H and O–H groups in total. The van der Waals surface area contributed by atoms with Gasteiger partial charge in [-0.2, -0.15) is 0 Å². The van der Waals surface area contributed by atoms with Gasteiger partial charge in [0.25, 0.3) is 0 Å². The molecule has 1 rings (SSSR count). The van der Waals surface area contributed by atoms with Crippen molar-refractivity contribution in [3.05, 3.63) is 0 Å². The summed E-state index contributed by atoms with van der Waals surface area (Å²) in [6, 6.07) is 0. The van der Waals surface area contributed by atoms with Gasteiger partial charge in [0.05, 0.1) is 0 Å². The highest BCUT2D eigenvalue weighted by Gasteiger charge is 2.44. The van der Waals surface area contributed by atoms with Crippen LogP contribution >= 0.6 is 0 Å². The first-order valence-corrected chi connectivity index (χ1v) is 6.08. The van der Waals surface area contributed by atoms with Crippen molar-refractivity contribution < 1.29 is 9.90 Å². The zero-order chi connectivity index (χ0) is 11.3. The third-order valence-corrected chi connectivity index (χ3v) is 3.66. The zero-order valence-corrected chi connectivity index (χ0v) is 9.96. The van der Waals surface area contributed by atoms with Crippen LogP contribution in [0.3, 0.4) is 0 Å².